The van der Waals surface area contributed by atoms with Gasteiger partial charge in [-0.2, -0.15) is 0 Å². The summed E-state index contributed by atoms with van der Waals surface area (Å²) < 4.78 is 0. The molecular formula is C16H18ClN. The van der Waals surface area contributed by atoms with Crippen LogP contribution in [-0.4, -0.2) is 6.54 Å². The second-order valence-electron chi connectivity index (χ2n) is 4.58. The second kappa shape index (κ2) is 6.03. The molecule has 2 heteroatoms. The maximum atomic E-state index is 6.23. The third-order valence-corrected chi connectivity index (χ3v) is 3.57. The number of benzene rings is 2. The Kier molecular flexibility index (Phi) is 4.40. The first-order chi connectivity index (χ1) is 8.72. The molecule has 0 fully saturated rings. The summed E-state index contributed by atoms with van der Waals surface area (Å²) in [6.45, 7) is 2.93. The van der Waals surface area contributed by atoms with Crippen molar-refractivity contribution in [3.63, 3.8) is 0 Å². The standard InChI is InChI=1S/C16H18ClN/c1-12(9-10-18)13-5-4-6-14(11-13)15-7-2-3-8-16(15)17/h2-8,11-12H,9-10,18H2,1H3. The topological polar surface area (TPSA) is 26.0 Å². The fourth-order valence-corrected chi connectivity index (χ4v) is 2.37. The van der Waals surface area contributed by atoms with E-state index in [1.54, 1.807) is 0 Å². The first-order valence-electron chi connectivity index (χ1n) is 6.27. The summed E-state index contributed by atoms with van der Waals surface area (Å²) in [5.41, 5.74) is 9.19. The third-order valence-electron chi connectivity index (χ3n) is 3.24. The molecule has 0 bridgehead atoms. The van der Waals surface area contributed by atoms with Crippen LogP contribution in [-0.2, 0) is 0 Å². The highest BCUT2D eigenvalue weighted by Gasteiger charge is 2.07. The Bertz CT molecular complexity index is 522. The molecule has 0 aliphatic heterocycles. The van der Waals surface area contributed by atoms with Gasteiger partial charge in [-0.15, -0.1) is 0 Å². The molecule has 94 valence electrons. The van der Waals surface area contributed by atoms with E-state index in [1.807, 2.05) is 18.2 Å². The molecule has 0 aliphatic rings. The highest BCUT2D eigenvalue weighted by molar-refractivity contribution is 6.33. The van der Waals surface area contributed by atoms with Gasteiger partial charge in [0.25, 0.3) is 0 Å². The van der Waals surface area contributed by atoms with Crippen molar-refractivity contribution in [3.05, 3.63) is 59.1 Å². The van der Waals surface area contributed by atoms with Crippen molar-refractivity contribution in [3.8, 4) is 11.1 Å². The fraction of sp³-hybridized carbons (Fsp3) is 0.250. The summed E-state index contributed by atoms with van der Waals surface area (Å²) in [7, 11) is 0. The predicted molar refractivity (Wildman–Crippen MR) is 79.0 cm³/mol. The van der Waals surface area contributed by atoms with Gasteiger partial charge < -0.3 is 5.73 Å². The lowest BCUT2D eigenvalue weighted by molar-refractivity contribution is 0.690. The van der Waals surface area contributed by atoms with Gasteiger partial charge >= 0.3 is 0 Å². The fourth-order valence-electron chi connectivity index (χ4n) is 2.12. The van der Waals surface area contributed by atoms with Gasteiger partial charge in [0, 0.05) is 10.6 Å². The molecule has 1 nitrogen and oxygen atoms in total. The summed E-state index contributed by atoms with van der Waals surface area (Å²) in [6, 6.07) is 16.5. The molecule has 2 N–H and O–H groups in total. The summed E-state index contributed by atoms with van der Waals surface area (Å²) in [5.74, 6) is 0.484. The maximum absolute atomic E-state index is 6.23. The Morgan fingerprint density at radius 1 is 1.11 bits per heavy atom. The van der Waals surface area contributed by atoms with E-state index in [1.165, 1.54) is 11.1 Å². The molecule has 0 saturated heterocycles. The van der Waals surface area contributed by atoms with E-state index in [4.69, 9.17) is 17.3 Å². The molecular weight excluding hydrogens is 242 g/mol. The summed E-state index contributed by atoms with van der Waals surface area (Å²) in [5, 5.41) is 0.793. The second-order valence-corrected chi connectivity index (χ2v) is 4.99. The molecule has 2 aromatic carbocycles. The summed E-state index contributed by atoms with van der Waals surface area (Å²) in [6.07, 6.45) is 1.01. The minimum Gasteiger partial charge on any atom is -0.330 e. The quantitative estimate of drug-likeness (QED) is 0.862. The van der Waals surface area contributed by atoms with Crippen molar-refractivity contribution in [2.24, 2.45) is 5.73 Å². The van der Waals surface area contributed by atoms with Crippen molar-refractivity contribution < 1.29 is 0 Å². The zero-order valence-electron chi connectivity index (χ0n) is 10.6. The Labute approximate surface area is 114 Å². The molecule has 1 unspecified atom stereocenters. The molecule has 0 radical (unpaired) electrons. The monoisotopic (exact) mass is 259 g/mol. The molecule has 2 aromatic rings. The number of nitrogens with two attached hydrogens (primary N) is 1. The molecule has 18 heavy (non-hydrogen) atoms. The van der Waals surface area contributed by atoms with Gasteiger partial charge in [-0.3, -0.25) is 0 Å². The van der Waals surface area contributed by atoms with Crippen LogP contribution in [0, 0.1) is 0 Å². The van der Waals surface area contributed by atoms with Crippen LogP contribution >= 0.6 is 11.6 Å². The van der Waals surface area contributed by atoms with E-state index >= 15 is 0 Å². The zero-order chi connectivity index (χ0) is 13.0. The van der Waals surface area contributed by atoms with Gasteiger partial charge in [-0.25, -0.2) is 0 Å². The Morgan fingerprint density at radius 3 is 2.61 bits per heavy atom. The van der Waals surface area contributed by atoms with Crippen LogP contribution in [0.1, 0.15) is 24.8 Å². The van der Waals surface area contributed by atoms with Crippen molar-refractivity contribution in [1.82, 2.24) is 0 Å². The largest absolute Gasteiger partial charge is 0.330 e. The van der Waals surface area contributed by atoms with E-state index in [9.17, 15) is 0 Å². The van der Waals surface area contributed by atoms with Crippen molar-refractivity contribution in [2.75, 3.05) is 6.54 Å². The normalized spacial score (nSPS) is 12.4. The lowest BCUT2D eigenvalue weighted by Crippen LogP contribution is -2.04. The molecule has 0 aromatic heterocycles. The average molecular weight is 260 g/mol. The molecule has 0 saturated carbocycles. The first kappa shape index (κ1) is 13.1. The SMILES string of the molecule is CC(CCN)c1cccc(-c2ccccc2Cl)c1. The summed E-state index contributed by atoms with van der Waals surface area (Å²) >= 11 is 6.23. The number of hydrogen-bond donors (Lipinski definition) is 1. The van der Waals surface area contributed by atoms with Crippen molar-refractivity contribution in [2.45, 2.75) is 19.3 Å². The van der Waals surface area contributed by atoms with E-state index in [0.717, 1.165) is 23.6 Å². The van der Waals surface area contributed by atoms with E-state index in [-0.39, 0.29) is 0 Å². The number of rotatable bonds is 4. The minimum absolute atomic E-state index is 0.484. The van der Waals surface area contributed by atoms with Gasteiger partial charge in [0.15, 0.2) is 0 Å². The molecule has 0 amide bonds. The number of halogens is 1. The van der Waals surface area contributed by atoms with Crippen LogP contribution < -0.4 is 5.73 Å². The van der Waals surface area contributed by atoms with E-state index < -0.39 is 0 Å². The van der Waals surface area contributed by atoms with E-state index in [2.05, 4.69) is 37.3 Å². The van der Waals surface area contributed by atoms with Gasteiger partial charge in [-0.1, -0.05) is 61.0 Å². The molecule has 0 spiro atoms. The zero-order valence-corrected chi connectivity index (χ0v) is 11.3. The van der Waals surface area contributed by atoms with E-state index in [0.29, 0.717) is 5.92 Å². The smallest absolute Gasteiger partial charge is 0.0484 e. The Morgan fingerprint density at radius 2 is 1.89 bits per heavy atom. The van der Waals surface area contributed by atoms with Crippen LogP contribution in [0.3, 0.4) is 0 Å². The Hall–Kier alpha value is -1.31. The van der Waals surface area contributed by atoms with Crippen LogP contribution in [0.15, 0.2) is 48.5 Å². The number of hydrogen-bond acceptors (Lipinski definition) is 1. The van der Waals surface area contributed by atoms with Crippen LogP contribution in [0.5, 0.6) is 0 Å². The Balaban J connectivity index is 2.36. The highest BCUT2D eigenvalue weighted by atomic mass is 35.5. The predicted octanol–water partition coefficient (Wildman–Crippen LogP) is 4.46. The van der Waals surface area contributed by atoms with Crippen LogP contribution in [0.4, 0.5) is 0 Å². The molecule has 0 aliphatic carbocycles. The lowest BCUT2D eigenvalue weighted by Gasteiger charge is -2.12. The van der Waals surface area contributed by atoms with Crippen LogP contribution in [0.2, 0.25) is 5.02 Å². The molecule has 0 heterocycles. The van der Waals surface area contributed by atoms with Crippen molar-refractivity contribution >= 4 is 11.6 Å². The van der Waals surface area contributed by atoms with Crippen LogP contribution in [0.25, 0.3) is 11.1 Å². The van der Waals surface area contributed by atoms with Gasteiger partial charge in [-0.05, 0) is 36.1 Å². The molecule has 2 rings (SSSR count). The lowest BCUT2D eigenvalue weighted by atomic mass is 9.94. The highest BCUT2D eigenvalue weighted by Crippen LogP contribution is 2.30. The first-order valence-corrected chi connectivity index (χ1v) is 6.65. The van der Waals surface area contributed by atoms with Gasteiger partial charge in [0.2, 0.25) is 0 Å². The third kappa shape index (κ3) is 2.92. The maximum Gasteiger partial charge on any atom is 0.0484 e. The average Bonchev–Trinajstić information content (AvgIpc) is 2.40. The van der Waals surface area contributed by atoms with Gasteiger partial charge in [0.05, 0.1) is 0 Å². The van der Waals surface area contributed by atoms with Gasteiger partial charge in [0.1, 0.15) is 0 Å². The summed E-state index contributed by atoms with van der Waals surface area (Å²) in [4.78, 5) is 0. The molecule has 1 atom stereocenters. The minimum atomic E-state index is 0.484. The van der Waals surface area contributed by atoms with Crippen molar-refractivity contribution in [1.29, 1.82) is 0 Å².